The van der Waals surface area contributed by atoms with Crippen LogP contribution in [0.15, 0.2) is 42.7 Å². The molecule has 1 heterocycles. The summed E-state index contributed by atoms with van der Waals surface area (Å²) in [5.41, 5.74) is 0.723. The van der Waals surface area contributed by atoms with Crippen molar-refractivity contribution in [2.45, 2.75) is 6.54 Å². The molecule has 0 aliphatic heterocycles. The molecule has 20 heavy (non-hydrogen) atoms. The quantitative estimate of drug-likeness (QED) is 0.779. The number of rotatable bonds is 7. The number of carbonyl (C=O) groups is 1. The Labute approximate surface area is 117 Å². The van der Waals surface area contributed by atoms with E-state index >= 15 is 0 Å². The fraction of sp³-hybridized carbons (Fsp3) is 0.286. The molecule has 0 saturated carbocycles. The highest BCUT2D eigenvalue weighted by Gasteiger charge is 2.03. The number of amides is 1. The van der Waals surface area contributed by atoms with Crippen LogP contribution < -0.4 is 10.1 Å². The molecule has 0 fully saturated rings. The second-order valence-corrected chi connectivity index (χ2v) is 4.12. The van der Waals surface area contributed by atoms with E-state index in [0.717, 1.165) is 11.4 Å². The molecule has 0 bridgehead atoms. The van der Waals surface area contributed by atoms with Crippen molar-refractivity contribution in [2.75, 3.05) is 25.6 Å². The van der Waals surface area contributed by atoms with E-state index in [1.54, 1.807) is 54.5 Å². The summed E-state index contributed by atoms with van der Waals surface area (Å²) in [6.07, 6.45) is 3.38. The zero-order valence-corrected chi connectivity index (χ0v) is 11.3. The first-order chi connectivity index (χ1) is 9.78. The normalized spacial score (nSPS) is 10.2. The van der Waals surface area contributed by atoms with E-state index in [4.69, 9.17) is 9.47 Å². The molecule has 0 saturated heterocycles. The predicted octanol–water partition coefficient (Wildman–Crippen LogP) is 1.55. The molecule has 0 atom stereocenters. The van der Waals surface area contributed by atoms with Gasteiger partial charge in [-0.1, -0.05) is 0 Å². The third kappa shape index (κ3) is 4.40. The van der Waals surface area contributed by atoms with Crippen LogP contribution >= 0.6 is 0 Å². The Bertz CT molecular complexity index is 523. The molecule has 2 rings (SSSR count). The van der Waals surface area contributed by atoms with Crippen LogP contribution in [0, 0.1) is 0 Å². The van der Waals surface area contributed by atoms with Gasteiger partial charge in [0.25, 0.3) is 0 Å². The third-order valence-electron chi connectivity index (χ3n) is 2.56. The van der Waals surface area contributed by atoms with E-state index in [1.165, 1.54) is 0 Å². The summed E-state index contributed by atoms with van der Waals surface area (Å²) in [6, 6.07) is 8.98. The third-order valence-corrected chi connectivity index (χ3v) is 2.56. The second-order valence-electron chi connectivity index (χ2n) is 4.12. The molecule has 0 aliphatic carbocycles. The molecule has 1 aromatic carbocycles. The lowest BCUT2D eigenvalue weighted by Gasteiger charge is -2.08. The van der Waals surface area contributed by atoms with Crippen molar-refractivity contribution in [3.8, 4) is 5.75 Å². The van der Waals surface area contributed by atoms with E-state index in [1.807, 2.05) is 0 Å². The maximum Gasteiger partial charge on any atom is 0.246 e. The monoisotopic (exact) mass is 275 g/mol. The summed E-state index contributed by atoms with van der Waals surface area (Å²) < 4.78 is 11.9. The van der Waals surface area contributed by atoms with Crippen molar-refractivity contribution in [3.63, 3.8) is 0 Å². The number of nitrogens with one attached hydrogen (secondary N) is 1. The van der Waals surface area contributed by atoms with Gasteiger partial charge in [0.15, 0.2) is 0 Å². The number of methoxy groups -OCH3 is 1. The van der Waals surface area contributed by atoms with Crippen molar-refractivity contribution in [3.05, 3.63) is 42.7 Å². The standard InChI is InChI=1S/C14H17N3O3/c1-19-9-10-20-13-5-3-12(4-6-13)16-14(18)11-17-8-2-7-15-17/h2-8H,9-11H2,1H3,(H,16,18). The highest BCUT2D eigenvalue weighted by molar-refractivity contribution is 5.90. The van der Waals surface area contributed by atoms with E-state index in [9.17, 15) is 4.79 Å². The summed E-state index contributed by atoms with van der Waals surface area (Å²) in [7, 11) is 1.63. The second kappa shape index (κ2) is 7.30. The van der Waals surface area contributed by atoms with E-state index in [0.29, 0.717) is 13.2 Å². The predicted molar refractivity (Wildman–Crippen MR) is 74.7 cm³/mol. The Balaban J connectivity index is 1.82. The molecule has 0 aliphatic rings. The molecular formula is C14H17N3O3. The minimum absolute atomic E-state index is 0.123. The van der Waals surface area contributed by atoms with Gasteiger partial charge in [0, 0.05) is 25.2 Å². The Morgan fingerprint density at radius 2 is 2.10 bits per heavy atom. The van der Waals surface area contributed by atoms with Crippen LogP contribution in [-0.4, -0.2) is 36.0 Å². The van der Waals surface area contributed by atoms with Crippen molar-refractivity contribution in [1.29, 1.82) is 0 Å². The first-order valence-corrected chi connectivity index (χ1v) is 6.27. The van der Waals surface area contributed by atoms with Crippen LogP contribution in [0.2, 0.25) is 0 Å². The van der Waals surface area contributed by atoms with Crippen molar-refractivity contribution in [2.24, 2.45) is 0 Å². The van der Waals surface area contributed by atoms with Gasteiger partial charge in [-0.25, -0.2) is 0 Å². The highest BCUT2D eigenvalue weighted by atomic mass is 16.5. The van der Waals surface area contributed by atoms with Crippen LogP contribution in [0.5, 0.6) is 5.75 Å². The minimum Gasteiger partial charge on any atom is -0.491 e. The van der Waals surface area contributed by atoms with Crippen molar-refractivity contribution < 1.29 is 14.3 Å². The molecule has 6 nitrogen and oxygen atoms in total. The largest absolute Gasteiger partial charge is 0.491 e. The fourth-order valence-corrected chi connectivity index (χ4v) is 1.62. The summed E-state index contributed by atoms with van der Waals surface area (Å²) in [5.74, 6) is 0.619. The van der Waals surface area contributed by atoms with Gasteiger partial charge in [-0.2, -0.15) is 5.10 Å². The van der Waals surface area contributed by atoms with Crippen LogP contribution in [-0.2, 0) is 16.1 Å². The maximum atomic E-state index is 11.8. The molecule has 6 heteroatoms. The van der Waals surface area contributed by atoms with Gasteiger partial charge in [0.1, 0.15) is 18.9 Å². The van der Waals surface area contributed by atoms with E-state index < -0.39 is 0 Å². The maximum absolute atomic E-state index is 11.8. The molecule has 1 aromatic heterocycles. The zero-order chi connectivity index (χ0) is 14.2. The van der Waals surface area contributed by atoms with Crippen LogP contribution in [0.1, 0.15) is 0 Å². The Hall–Kier alpha value is -2.34. The number of benzene rings is 1. The molecule has 1 amide bonds. The summed E-state index contributed by atoms with van der Waals surface area (Å²) >= 11 is 0. The molecule has 0 spiro atoms. The minimum atomic E-state index is -0.123. The topological polar surface area (TPSA) is 65.4 Å². The lowest BCUT2D eigenvalue weighted by molar-refractivity contribution is -0.116. The van der Waals surface area contributed by atoms with Gasteiger partial charge in [-0.15, -0.1) is 0 Å². The van der Waals surface area contributed by atoms with Crippen LogP contribution in [0.25, 0.3) is 0 Å². The average molecular weight is 275 g/mol. The first kappa shape index (κ1) is 14.1. The zero-order valence-electron chi connectivity index (χ0n) is 11.3. The Morgan fingerprint density at radius 3 is 2.75 bits per heavy atom. The first-order valence-electron chi connectivity index (χ1n) is 6.27. The summed E-state index contributed by atoms with van der Waals surface area (Å²) in [6.45, 7) is 1.24. The van der Waals surface area contributed by atoms with Gasteiger partial charge >= 0.3 is 0 Å². The summed E-state index contributed by atoms with van der Waals surface area (Å²) in [4.78, 5) is 11.8. The lowest BCUT2D eigenvalue weighted by Crippen LogP contribution is -2.18. The van der Waals surface area contributed by atoms with Crippen molar-refractivity contribution in [1.82, 2.24) is 9.78 Å². The van der Waals surface area contributed by atoms with Gasteiger partial charge in [0.2, 0.25) is 5.91 Å². The average Bonchev–Trinajstić information content (AvgIpc) is 2.94. The molecular weight excluding hydrogens is 258 g/mol. The number of anilines is 1. The molecule has 2 aromatic rings. The van der Waals surface area contributed by atoms with Crippen LogP contribution in [0.3, 0.4) is 0 Å². The van der Waals surface area contributed by atoms with Gasteiger partial charge in [-0.05, 0) is 30.3 Å². The fourth-order valence-electron chi connectivity index (χ4n) is 1.62. The molecule has 0 radical (unpaired) electrons. The van der Waals surface area contributed by atoms with Gasteiger partial charge < -0.3 is 14.8 Å². The Kier molecular flexibility index (Phi) is 5.14. The number of ether oxygens (including phenoxy) is 2. The Morgan fingerprint density at radius 1 is 1.30 bits per heavy atom. The van der Waals surface area contributed by atoms with Gasteiger partial charge in [0.05, 0.1) is 6.61 Å². The number of aromatic nitrogens is 2. The number of nitrogens with zero attached hydrogens (tertiary/aromatic N) is 2. The SMILES string of the molecule is COCCOc1ccc(NC(=O)Cn2cccn2)cc1. The highest BCUT2D eigenvalue weighted by Crippen LogP contribution is 2.15. The van der Waals surface area contributed by atoms with Crippen molar-refractivity contribution >= 4 is 11.6 Å². The lowest BCUT2D eigenvalue weighted by atomic mass is 10.3. The van der Waals surface area contributed by atoms with E-state index in [-0.39, 0.29) is 12.5 Å². The van der Waals surface area contributed by atoms with E-state index in [2.05, 4.69) is 10.4 Å². The molecule has 106 valence electrons. The number of carbonyl (C=O) groups excluding carboxylic acids is 1. The molecule has 1 N–H and O–H groups in total. The smallest absolute Gasteiger partial charge is 0.246 e. The number of hydrogen-bond acceptors (Lipinski definition) is 4. The number of hydrogen-bond donors (Lipinski definition) is 1. The summed E-state index contributed by atoms with van der Waals surface area (Å²) in [5, 5.41) is 6.77. The van der Waals surface area contributed by atoms with Crippen LogP contribution in [0.4, 0.5) is 5.69 Å². The molecule has 0 unspecified atom stereocenters. The van der Waals surface area contributed by atoms with Gasteiger partial charge in [-0.3, -0.25) is 9.48 Å².